The third kappa shape index (κ3) is 3.34. The Morgan fingerprint density at radius 3 is 2.43 bits per heavy atom. The molecule has 112 valence electrons. The second-order valence-electron chi connectivity index (χ2n) is 5.09. The average Bonchev–Trinajstić information content (AvgIpc) is 2.74. The van der Waals surface area contributed by atoms with Crippen LogP contribution in [0, 0.1) is 13.8 Å². The zero-order valence-electron chi connectivity index (χ0n) is 12.2. The monoisotopic (exact) mass is 290 g/mol. The minimum Gasteiger partial charge on any atom is -0.508 e. The molecule has 2 aromatic rings. The Labute approximate surface area is 122 Å². The summed E-state index contributed by atoms with van der Waals surface area (Å²) in [5, 5.41) is 25.4. The van der Waals surface area contributed by atoms with Gasteiger partial charge in [0.2, 0.25) is 0 Å². The van der Waals surface area contributed by atoms with Gasteiger partial charge >= 0.3 is 0 Å². The quantitative estimate of drug-likeness (QED) is 0.802. The lowest BCUT2D eigenvalue weighted by molar-refractivity contribution is 0.0950. The van der Waals surface area contributed by atoms with Crippen molar-refractivity contribution in [2.24, 2.45) is 0 Å². The van der Waals surface area contributed by atoms with E-state index in [0.29, 0.717) is 6.54 Å². The number of benzene rings is 1. The van der Waals surface area contributed by atoms with E-state index in [1.807, 2.05) is 20.8 Å². The first-order valence-electron chi connectivity index (χ1n) is 6.62. The molecule has 0 saturated heterocycles. The van der Waals surface area contributed by atoms with Crippen molar-refractivity contribution in [3.05, 3.63) is 40.8 Å². The molecule has 1 atom stereocenters. The number of carbonyl (C=O) groups excluding carboxylic acids is 1. The molecule has 6 nitrogen and oxygen atoms in total. The Kier molecular flexibility index (Phi) is 4.16. The lowest BCUT2D eigenvalue weighted by Crippen LogP contribution is -2.27. The molecule has 0 aliphatic carbocycles. The maximum Gasteiger partial charge on any atom is 0.251 e. The first kappa shape index (κ1) is 14.9. The Morgan fingerprint density at radius 1 is 1.29 bits per heavy atom. The molecule has 6 heteroatoms. The van der Waals surface area contributed by atoms with E-state index in [9.17, 15) is 15.0 Å². The fourth-order valence-electron chi connectivity index (χ4n) is 2.37. The molecule has 1 unspecified atom stereocenters. The average molecular weight is 290 g/mol. The van der Waals surface area contributed by atoms with Gasteiger partial charge in [0.25, 0.3) is 5.91 Å². The summed E-state index contributed by atoms with van der Waals surface area (Å²) in [5.74, 6) is 0.119. The van der Waals surface area contributed by atoms with Crippen LogP contribution in [0.5, 0.6) is 11.5 Å². The van der Waals surface area contributed by atoms with Crippen molar-refractivity contribution in [2.45, 2.75) is 26.7 Å². The smallest absolute Gasteiger partial charge is 0.251 e. The third-order valence-corrected chi connectivity index (χ3v) is 3.31. The predicted octanol–water partition coefficient (Wildman–Crippen LogP) is 2.24. The molecule has 0 radical (unpaired) electrons. The number of hydrogen-bond acceptors (Lipinski definition) is 5. The topological polar surface area (TPSA) is 95.6 Å². The number of hydrogen-bond donors (Lipinski definition) is 3. The summed E-state index contributed by atoms with van der Waals surface area (Å²) in [5.41, 5.74) is 2.00. The molecule has 0 aliphatic rings. The fourth-order valence-corrected chi connectivity index (χ4v) is 2.37. The number of phenols is 2. The van der Waals surface area contributed by atoms with E-state index in [-0.39, 0.29) is 28.9 Å². The van der Waals surface area contributed by atoms with Crippen molar-refractivity contribution in [1.29, 1.82) is 0 Å². The predicted molar refractivity (Wildman–Crippen MR) is 76.5 cm³/mol. The number of phenolic OH excluding ortho intramolecular Hbond substituents is 2. The maximum atomic E-state index is 12.0. The van der Waals surface area contributed by atoms with Gasteiger partial charge in [-0.2, -0.15) is 0 Å². The van der Waals surface area contributed by atoms with Crippen LogP contribution in [-0.4, -0.2) is 27.8 Å². The van der Waals surface area contributed by atoms with Gasteiger partial charge in [-0.1, -0.05) is 12.1 Å². The SMILES string of the molecule is Cc1noc(C)c1C(C)CNC(=O)c1cc(O)cc(O)c1. The summed E-state index contributed by atoms with van der Waals surface area (Å²) in [6, 6.07) is 3.77. The number of nitrogens with one attached hydrogen (secondary N) is 1. The molecule has 1 amide bonds. The summed E-state index contributed by atoms with van der Waals surface area (Å²) in [6.07, 6.45) is 0. The molecule has 3 N–H and O–H groups in total. The molecule has 0 aliphatic heterocycles. The summed E-state index contributed by atoms with van der Waals surface area (Å²) in [6.45, 7) is 6.06. The fraction of sp³-hybridized carbons (Fsp3) is 0.333. The van der Waals surface area contributed by atoms with Gasteiger partial charge in [-0.3, -0.25) is 4.79 Å². The van der Waals surface area contributed by atoms with Gasteiger partial charge < -0.3 is 20.1 Å². The lowest BCUT2D eigenvalue weighted by atomic mass is 9.99. The second kappa shape index (κ2) is 5.87. The minimum atomic E-state index is -0.361. The number of aromatic nitrogens is 1. The molecule has 1 aromatic heterocycles. The normalized spacial score (nSPS) is 12.1. The maximum absolute atomic E-state index is 12.0. The van der Waals surface area contributed by atoms with Crippen molar-refractivity contribution in [3.63, 3.8) is 0 Å². The number of rotatable bonds is 4. The van der Waals surface area contributed by atoms with Crippen LogP contribution >= 0.6 is 0 Å². The zero-order valence-corrected chi connectivity index (χ0v) is 12.2. The van der Waals surface area contributed by atoms with E-state index in [0.717, 1.165) is 17.0 Å². The van der Waals surface area contributed by atoms with Crippen molar-refractivity contribution in [1.82, 2.24) is 10.5 Å². The highest BCUT2D eigenvalue weighted by molar-refractivity contribution is 5.95. The van der Waals surface area contributed by atoms with Gasteiger partial charge in [0, 0.05) is 29.7 Å². The van der Waals surface area contributed by atoms with E-state index >= 15 is 0 Å². The first-order valence-corrected chi connectivity index (χ1v) is 6.62. The lowest BCUT2D eigenvalue weighted by Gasteiger charge is -2.12. The number of aryl methyl sites for hydroxylation is 2. The van der Waals surface area contributed by atoms with Crippen LogP contribution in [0.4, 0.5) is 0 Å². The van der Waals surface area contributed by atoms with Gasteiger partial charge in [-0.25, -0.2) is 0 Å². The molecule has 2 rings (SSSR count). The molecule has 0 spiro atoms. The van der Waals surface area contributed by atoms with Gasteiger partial charge in [0.1, 0.15) is 17.3 Å². The summed E-state index contributed by atoms with van der Waals surface area (Å²) in [4.78, 5) is 12.0. The number of carbonyl (C=O) groups is 1. The molecule has 1 aromatic carbocycles. The second-order valence-corrected chi connectivity index (χ2v) is 5.09. The van der Waals surface area contributed by atoms with Crippen LogP contribution in [-0.2, 0) is 0 Å². The van der Waals surface area contributed by atoms with Crippen LogP contribution in [0.25, 0.3) is 0 Å². The Bertz CT molecular complexity index is 624. The highest BCUT2D eigenvalue weighted by Gasteiger charge is 2.17. The Morgan fingerprint density at radius 2 is 1.90 bits per heavy atom. The van der Waals surface area contributed by atoms with Crippen molar-refractivity contribution in [2.75, 3.05) is 6.54 Å². The van der Waals surface area contributed by atoms with Gasteiger partial charge in [-0.05, 0) is 26.0 Å². The molecule has 0 bridgehead atoms. The van der Waals surface area contributed by atoms with Crippen molar-refractivity contribution >= 4 is 5.91 Å². The standard InChI is InChI=1S/C15H18N2O4/c1-8(14-9(2)17-21-10(14)3)7-16-15(20)11-4-12(18)6-13(19)5-11/h4-6,8,18-19H,7H2,1-3H3,(H,16,20). The summed E-state index contributed by atoms with van der Waals surface area (Å²) in [7, 11) is 0. The molecular formula is C15H18N2O4. The highest BCUT2D eigenvalue weighted by atomic mass is 16.5. The van der Waals surface area contributed by atoms with Crippen LogP contribution < -0.4 is 5.32 Å². The number of nitrogens with zero attached hydrogens (tertiary/aromatic N) is 1. The largest absolute Gasteiger partial charge is 0.508 e. The van der Waals surface area contributed by atoms with Crippen LogP contribution in [0.2, 0.25) is 0 Å². The third-order valence-electron chi connectivity index (χ3n) is 3.31. The van der Waals surface area contributed by atoms with Gasteiger partial charge in [0.05, 0.1) is 5.69 Å². The van der Waals surface area contributed by atoms with Gasteiger partial charge in [-0.15, -0.1) is 0 Å². The molecular weight excluding hydrogens is 272 g/mol. The van der Waals surface area contributed by atoms with E-state index in [1.165, 1.54) is 18.2 Å². The van der Waals surface area contributed by atoms with E-state index in [1.54, 1.807) is 0 Å². The van der Waals surface area contributed by atoms with E-state index < -0.39 is 0 Å². The van der Waals surface area contributed by atoms with E-state index in [4.69, 9.17) is 4.52 Å². The Balaban J connectivity index is 2.04. The van der Waals surface area contributed by atoms with Crippen LogP contribution in [0.1, 0.15) is 40.2 Å². The number of aromatic hydroxyl groups is 2. The highest BCUT2D eigenvalue weighted by Crippen LogP contribution is 2.23. The molecule has 21 heavy (non-hydrogen) atoms. The zero-order chi connectivity index (χ0) is 15.6. The van der Waals surface area contributed by atoms with Crippen molar-refractivity contribution in [3.8, 4) is 11.5 Å². The van der Waals surface area contributed by atoms with Crippen LogP contribution in [0.15, 0.2) is 22.7 Å². The van der Waals surface area contributed by atoms with Crippen molar-refractivity contribution < 1.29 is 19.5 Å². The van der Waals surface area contributed by atoms with Gasteiger partial charge in [0.15, 0.2) is 0 Å². The molecule has 0 saturated carbocycles. The minimum absolute atomic E-state index is 0.0473. The summed E-state index contributed by atoms with van der Waals surface area (Å²) < 4.78 is 5.11. The van der Waals surface area contributed by atoms with Crippen LogP contribution in [0.3, 0.4) is 0 Å². The molecule has 1 heterocycles. The summed E-state index contributed by atoms with van der Waals surface area (Å²) >= 11 is 0. The van der Waals surface area contributed by atoms with E-state index in [2.05, 4.69) is 10.5 Å². The Hall–Kier alpha value is -2.50. The number of amides is 1. The molecule has 0 fully saturated rings. The first-order chi connectivity index (χ1) is 9.88.